The molecule has 0 atom stereocenters. The SMILES string of the molecule is CCOc1ccc(-c2nnc(SCC(=O)Nc3ccc(Br)cn3)n2C)cc1. The molecule has 1 aromatic carbocycles. The molecule has 0 saturated carbocycles. The highest BCUT2D eigenvalue weighted by molar-refractivity contribution is 9.10. The summed E-state index contributed by atoms with van der Waals surface area (Å²) in [7, 11) is 1.88. The van der Waals surface area contributed by atoms with Gasteiger partial charge in [-0.05, 0) is 59.3 Å². The second kappa shape index (κ2) is 9.01. The van der Waals surface area contributed by atoms with Gasteiger partial charge in [-0.1, -0.05) is 11.8 Å². The smallest absolute Gasteiger partial charge is 0.236 e. The number of rotatable bonds is 7. The van der Waals surface area contributed by atoms with Crippen molar-refractivity contribution in [3.63, 3.8) is 0 Å². The van der Waals surface area contributed by atoms with Crippen LogP contribution < -0.4 is 10.1 Å². The van der Waals surface area contributed by atoms with Crippen molar-refractivity contribution < 1.29 is 9.53 Å². The summed E-state index contributed by atoms with van der Waals surface area (Å²) in [5.74, 6) is 2.12. The van der Waals surface area contributed by atoms with Gasteiger partial charge in [-0.15, -0.1) is 10.2 Å². The molecular formula is C18H18BrN5O2S. The molecule has 0 bridgehead atoms. The van der Waals surface area contributed by atoms with Gasteiger partial charge in [-0.25, -0.2) is 4.98 Å². The molecule has 0 radical (unpaired) electrons. The van der Waals surface area contributed by atoms with Crippen LogP contribution >= 0.6 is 27.7 Å². The van der Waals surface area contributed by atoms with Crippen molar-refractivity contribution in [2.24, 2.45) is 7.05 Å². The summed E-state index contributed by atoms with van der Waals surface area (Å²) in [6.45, 7) is 2.57. The van der Waals surface area contributed by atoms with E-state index in [-0.39, 0.29) is 11.7 Å². The zero-order valence-electron chi connectivity index (χ0n) is 14.8. The van der Waals surface area contributed by atoms with Crippen LogP contribution in [0.5, 0.6) is 5.75 Å². The van der Waals surface area contributed by atoms with Crippen molar-refractivity contribution in [2.75, 3.05) is 17.7 Å². The maximum Gasteiger partial charge on any atom is 0.236 e. The van der Waals surface area contributed by atoms with Gasteiger partial charge in [0.15, 0.2) is 11.0 Å². The van der Waals surface area contributed by atoms with Crippen molar-refractivity contribution in [3.05, 3.63) is 47.1 Å². The number of hydrogen-bond donors (Lipinski definition) is 1. The van der Waals surface area contributed by atoms with Crippen molar-refractivity contribution >= 4 is 39.4 Å². The summed E-state index contributed by atoms with van der Waals surface area (Å²) in [5, 5.41) is 11.8. The first-order chi connectivity index (χ1) is 13.1. The van der Waals surface area contributed by atoms with Gasteiger partial charge in [0, 0.05) is 23.3 Å². The number of pyridine rings is 1. The van der Waals surface area contributed by atoms with E-state index in [4.69, 9.17) is 4.74 Å². The molecule has 140 valence electrons. The average molecular weight is 448 g/mol. The van der Waals surface area contributed by atoms with Crippen LogP contribution in [0.1, 0.15) is 6.92 Å². The van der Waals surface area contributed by atoms with Gasteiger partial charge in [0.05, 0.1) is 12.4 Å². The fraction of sp³-hybridized carbons (Fsp3) is 0.222. The van der Waals surface area contributed by atoms with Gasteiger partial charge in [-0.3, -0.25) is 4.79 Å². The number of carbonyl (C=O) groups is 1. The van der Waals surface area contributed by atoms with Crippen LogP contribution in [0.4, 0.5) is 5.82 Å². The van der Waals surface area contributed by atoms with E-state index in [9.17, 15) is 4.79 Å². The van der Waals surface area contributed by atoms with E-state index in [1.165, 1.54) is 11.8 Å². The highest BCUT2D eigenvalue weighted by atomic mass is 79.9. The highest BCUT2D eigenvalue weighted by Gasteiger charge is 2.13. The lowest BCUT2D eigenvalue weighted by Crippen LogP contribution is -2.15. The van der Waals surface area contributed by atoms with Crippen LogP contribution in [-0.4, -0.2) is 38.0 Å². The molecule has 7 nitrogen and oxygen atoms in total. The number of amides is 1. The number of nitrogens with one attached hydrogen (secondary N) is 1. The third kappa shape index (κ3) is 5.08. The fourth-order valence-corrected chi connectivity index (χ4v) is 3.26. The number of carbonyl (C=O) groups excluding carboxylic acids is 1. The molecule has 0 aliphatic carbocycles. The summed E-state index contributed by atoms with van der Waals surface area (Å²) >= 11 is 4.63. The van der Waals surface area contributed by atoms with Gasteiger partial charge >= 0.3 is 0 Å². The molecule has 2 heterocycles. The molecule has 0 saturated heterocycles. The van der Waals surface area contributed by atoms with Crippen molar-refractivity contribution in [1.82, 2.24) is 19.7 Å². The monoisotopic (exact) mass is 447 g/mol. The summed E-state index contributed by atoms with van der Waals surface area (Å²) < 4.78 is 8.18. The summed E-state index contributed by atoms with van der Waals surface area (Å²) in [6.07, 6.45) is 1.63. The van der Waals surface area contributed by atoms with E-state index in [0.717, 1.165) is 21.6 Å². The lowest BCUT2D eigenvalue weighted by atomic mass is 10.2. The Bertz CT molecular complexity index is 913. The second-order valence-electron chi connectivity index (χ2n) is 5.52. The minimum atomic E-state index is -0.152. The number of benzene rings is 1. The largest absolute Gasteiger partial charge is 0.494 e. The molecule has 3 aromatic rings. The third-order valence-electron chi connectivity index (χ3n) is 3.59. The van der Waals surface area contributed by atoms with E-state index >= 15 is 0 Å². The third-order valence-corrected chi connectivity index (χ3v) is 5.07. The Hall–Kier alpha value is -2.39. The fourth-order valence-electron chi connectivity index (χ4n) is 2.32. The van der Waals surface area contributed by atoms with Crippen LogP contribution in [0.2, 0.25) is 0 Å². The topological polar surface area (TPSA) is 81.9 Å². The van der Waals surface area contributed by atoms with E-state index in [2.05, 4.69) is 36.4 Å². The van der Waals surface area contributed by atoms with Crippen LogP contribution in [-0.2, 0) is 11.8 Å². The number of nitrogens with zero attached hydrogens (tertiary/aromatic N) is 4. The lowest BCUT2D eigenvalue weighted by Gasteiger charge is -2.06. The second-order valence-corrected chi connectivity index (χ2v) is 7.38. The Labute approximate surface area is 169 Å². The van der Waals surface area contributed by atoms with Gasteiger partial charge in [0.1, 0.15) is 11.6 Å². The van der Waals surface area contributed by atoms with Gasteiger partial charge < -0.3 is 14.6 Å². The van der Waals surface area contributed by atoms with Gasteiger partial charge in [0.2, 0.25) is 5.91 Å². The van der Waals surface area contributed by atoms with Crippen LogP contribution in [0.25, 0.3) is 11.4 Å². The molecule has 0 aliphatic rings. The minimum absolute atomic E-state index is 0.152. The molecule has 1 N–H and O–H groups in total. The van der Waals surface area contributed by atoms with Crippen LogP contribution in [0.3, 0.4) is 0 Å². The Morgan fingerprint density at radius 1 is 1.22 bits per heavy atom. The first kappa shape index (κ1) is 19.4. The minimum Gasteiger partial charge on any atom is -0.494 e. The zero-order chi connectivity index (χ0) is 19.2. The predicted octanol–water partition coefficient (Wildman–Crippen LogP) is 3.77. The lowest BCUT2D eigenvalue weighted by molar-refractivity contribution is -0.113. The maximum atomic E-state index is 12.1. The Kier molecular flexibility index (Phi) is 6.46. The van der Waals surface area contributed by atoms with Crippen molar-refractivity contribution in [3.8, 4) is 17.1 Å². The number of aromatic nitrogens is 4. The number of hydrogen-bond acceptors (Lipinski definition) is 6. The van der Waals surface area contributed by atoms with E-state index in [0.29, 0.717) is 17.6 Å². The van der Waals surface area contributed by atoms with Gasteiger partial charge in [-0.2, -0.15) is 0 Å². The van der Waals surface area contributed by atoms with Crippen LogP contribution in [0, 0.1) is 0 Å². The first-order valence-electron chi connectivity index (χ1n) is 8.23. The number of anilines is 1. The average Bonchev–Trinajstić information content (AvgIpc) is 3.03. The van der Waals surface area contributed by atoms with Crippen molar-refractivity contribution in [1.29, 1.82) is 0 Å². The summed E-state index contributed by atoms with van der Waals surface area (Å²) in [4.78, 5) is 16.2. The van der Waals surface area contributed by atoms with Gasteiger partial charge in [0.25, 0.3) is 0 Å². The zero-order valence-corrected chi connectivity index (χ0v) is 17.2. The van der Waals surface area contributed by atoms with E-state index in [1.807, 2.05) is 48.9 Å². The standard InChI is InChI=1S/C18H18BrN5O2S/c1-3-26-14-7-4-12(5-8-14)17-22-23-18(24(17)2)27-11-16(25)21-15-9-6-13(19)10-20-15/h4-10H,3,11H2,1-2H3,(H,20,21,25). The van der Waals surface area contributed by atoms with E-state index in [1.54, 1.807) is 12.3 Å². The quantitative estimate of drug-likeness (QED) is 0.555. The predicted molar refractivity (Wildman–Crippen MR) is 109 cm³/mol. The normalized spacial score (nSPS) is 10.6. The highest BCUT2D eigenvalue weighted by Crippen LogP contribution is 2.24. The molecular weight excluding hydrogens is 430 g/mol. The molecule has 27 heavy (non-hydrogen) atoms. The number of thioether (sulfide) groups is 1. The Balaban J connectivity index is 1.61. The Morgan fingerprint density at radius 2 is 2.00 bits per heavy atom. The molecule has 3 rings (SSSR count). The molecule has 0 fully saturated rings. The van der Waals surface area contributed by atoms with Crippen LogP contribution in [0.15, 0.2) is 52.2 Å². The maximum absolute atomic E-state index is 12.1. The number of ether oxygens (including phenoxy) is 1. The number of halogens is 1. The Morgan fingerprint density at radius 3 is 2.67 bits per heavy atom. The van der Waals surface area contributed by atoms with Crippen molar-refractivity contribution in [2.45, 2.75) is 12.1 Å². The van der Waals surface area contributed by atoms with E-state index < -0.39 is 0 Å². The summed E-state index contributed by atoms with van der Waals surface area (Å²) in [5.41, 5.74) is 0.934. The molecule has 0 aliphatic heterocycles. The summed E-state index contributed by atoms with van der Waals surface area (Å²) in [6, 6.07) is 11.2. The molecule has 0 unspecified atom stereocenters. The molecule has 0 spiro atoms. The molecule has 1 amide bonds. The first-order valence-corrected chi connectivity index (χ1v) is 10.0. The molecule has 9 heteroatoms. The molecule has 2 aromatic heterocycles.